The van der Waals surface area contributed by atoms with Crippen LogP contribution in [0.15, 0.2) is 22.0 Å². The van der Waals surface area contributed by atoms with Gasteiger partial charge in [0.05, 0.1) is 45.2 Å². The van der Waals surface area contributed by atoms with Crippen LogP contribution < -0.4 is 22.8 Å². The van der Waals surface area contributed by atoms with Gasteiger partial charge in [-0.3, -0.25) is 13.7 Å². The van der Waals surface area contributed by atoms with E-state index in [2.05, 4.69) is 9.97 Å². The Morgan fingerprint density at radius 2 is 1.37 bits per heavy atom. The lowest BCUT2D eigenvalue weighted by Crippen LogP contribution is -2.39. The zero-order valence-corrected chi connectivity index (χ0v) is 28.3. The molecule has 19 heteroatoms. The fourth-order valence-corrected chi connectivity index (χ4v) is 6.74. The monoisotopic (exact) mass is 690 g/mol. The normalized spacial score (nSPS) is 29.3. The van der Waals surface area contributed by atoms with Gasteiger partial charge in [0.25, 0.3) is 0 Å². The Morgan fingerprint density at radius 1 is 0.870 bits per heavy atom. The quantitative estimate of drug-likeness (QED) is 0.170. The Labute approximate surface area is 271 Å². The average molecular weight is 691 g/mol. The minimum atomic E-state index is -3.96. The van der Waals surface area contributed by atoms with Gasteiger partial charge in [0, 0.05) is 43.7 Å². The summed E-state index contributed by atoms with van der Waals surface area (Å²) in [5, 5.41) is 0. The Kier molecular flexibility index (Phi) is 12.5. The van der Waals surface area contributed by atoms with Crippen LogP contribution in [0.1, 0.15) is 37.4 Å². The number of hydrogen-bond donors (Lipinski definition) is 3. The summed E-state index contributed by atoms with van der Waals surface area (Å²) in [6, 6.07) is 0. The van der Waals surface area contributed by atoms with Crippen LogP contribution in [0.3, 0.4) is 0 Å². The molecule has 5 N–H and O–H groups in total. The Bertz CT molecular complexity index is 1510. The number of nitrogens with two attached hydrogens (primary N) is 2. The highest BCUT2D eigenvalue weighted by atomic mass is 32.5. The standard InChI is InChI=1S/C27H43N6O11PS/c1-14-11-32(26(34)30-22(14)28)24-19(39-9-7-37-5)16(3)18(43-24)13-41-45(36,46)44-20-17(4)42-25(21(20)40-10-8-38-6)33-12-15(2)23(29)31-27(33)35/h11-12,16-21,24-25H,7-10,13H2,1-6H3,(H,36,46)(H2,28,30,34)(H2,29,31,35)/t16-,17-,18-,19-,20-,21-,24-,25-,45?/m1/s1. The first-order valence-corrected chi connectivity index (χ1v) is 17.2. The number of nitrogens with zero attached hydrogens (tertiary/aromatic N) is 4. The molecule has 2 aliphatic rings. The second kappa shape index (κ2) is 15.7. The predicted molar refractivity (Wildman–Crippen MR) is 169 cm³/mol. The number of nitrogen functional groups attached to an aromatic ring is 2. The zero-order chi connectivity index (χ0) is 33.8. The van der Waals surface area contributed by atoms with Crippen LogP contribution >= 0.6 is 6.72 Å². The van der Waals surface area contributed by atoms with Crippen molar-refractivity contribution in [3.05, 3.63) is 44.5 Å². The third kappa shape index (κ3) is 8.38. The first-order chi connectivity index (χ1) is 21.8. The maximum atomic E-state index is 12.8. The summed E-state index contributed by atoms with van der Waals surface area (Å²) in [5.74, 6) is -0.106. The van der Waals surface area contributed by atoms with Crippen molar-refractivity contribution in [2.24, 2.45) is 5.92 Å². The molecule has 2 aliphatic heterocycles. The van der Waals surface area contributed by atoms with E-state index in [0.29, 0.717) is 17.7 Å². The molecular weight excluding hydrogens is 647 g/mol. The molecular formula is C27H43N6O11PS. The van der Waals surface area contributed by atoms with E-state index in [4.69, 9.17) is 60.7 Å². The van der Waals surface area contributed by atoms with Gasteiger partial charge in [-0.1, -0.05) is 6.92 Å². The van der Waals surface area contributed by atoms with Crippen LogP contribution in [0, 0.1) is 19.8 Å². The highest BCUT2D eigenvalue weighted by Gasteiger charge is 2.49. The summed E-state index contributed by atoms with van der Waals surface area (Å²) in [6.45, 7) is 3.80. The van der Waals surface area contributed by atoms with Gasteiger partial charge in [0.2, 0.25) is 0 Å². The van der Waals surface area contributed by atoms with Gasteiger partial charge < -0.3 is 49.3 Å². The highest BCUT2D eigenvalue weighted by molar-refractivity contribution is 8.07. The highest BCUT2D eigenvalue weighted by Crippen LogP contribution is 2.50. The Balaban J connectivity index is 1.51. The van der Waals surface area contributed by atoms with E-state index >= 15 is 0 Å². The Hall–Kier alpha value is -2.35. The van der Waals surface area contributed by atoms with Gasteiger partial charge in [-0.2, -0.15) is 9.97 Å². The van der Waals surface area contributed by atoms with Gasteiger partial charge in [-0.05, 0) is 32.6 Å². The lowest BCUT2D eigenvalue weighted by molar-refractivity contribution is -0.0819. The van der Waals surface area contributed by atoms with Crippen LogP contribution in [0.4, 0.5) is 11.6 Å². The fraction of sp³-hybridized carbons (Fsp3) is 0.704. The number of aromatic nitrogens is 4. The summed E-state index contributed by atoms with van der Waals surface area (Å²) in [7, 11) is 3.07. The van der Waals surface area contributed by atoms with Crippen molar-refractivity contribution in [1.82, 2.24) is 19.1 Å². The third-order valence-corrected chi connectivity index (χ3v) is 9.43. The number of anilines is 2. The average Bonchev–Trinajstić information content (AvgIpc) is 3.46. The van der Waals surface area contributed by atoms with E-state index in [1.54, 1.807) is 34.1 Å². The molecule has 2 aromatic rings. The fourth-order valence-electron chi connectivity index (χ4n) is 5.26. The molecule has 0 bridgehead atoms. The summed E-state index contributed by atoms with van der Waals surface area (Å²) in [5.41, 5.74) is 11.5. The summed E-state index contributed by atoms with van der Waals surface area (Å²) in [4.78, 5) is 44.5. The van der Waals surface area contributed by atoms with Crippen molar-refractivity contribution < 1.29 is 42.4 Å². The summed E-state index contributed by atoms with van der Waals surface area (Å²) < 4.78 is 49.0. The smallest absolute Gasteiger partial charge is 0.351 e. The van der Waals surface area contributed by atoms with Crippen molar-refractivity contribution in [2.75, 3.05) is 58.7 Å². The first-order valence-electron chi connectivity index (χ1n) is 14.7. The molecule has 258 valence electrons. The van der Waals surface area contributed by atoms with Crippen molar-refractivity contribution in [3.63, 3.8) is 0 Å². The second-order valence-electron chi connectivity index (χ2n) is 11.1. The van der Waals surface area contributed by atoms with Crippen LogP contribution in [-0.4, -0.2) is 102 Å². The van der Waals surface area contributed by atoms with Crippen LogP contribution in [-0.2, 0) is 49.3 Å². The molecule has 1 unspecified atom stereocenters. The van der Waals surface area contributed by atoms with Crippen LogP contribution in [0.25, 0.3) is 0 Å². The molecule has 0 aliphatic carbocycles. The number of ether oxygens (including phenoxy) is 6. The van der Waals surface area contributed by atoms with E-state index in [9.17, 15) is 14.5 Å². The molecule has 4 heterocycles. The van der Waals surface area contributed by atoms with Crippen molar-refractivity contribution in [2.45, 2.75) is 70.7 Å². The lowest BCUT2D eigenvalue weighted by Gasteiger charge is -2.28. The third-order valence-electron chi connectivity index (χ3n) is 7.87. The molecule has 0 spiro atoms. The molecule has 0 radical (unpaired) electrons. The molecule has 0 saturated carbocycles. The largest absolute Gasteiger partial charge is 0.383 e. The molecule has 2 aromatic heterocycles. The van der Waals surface area contributed by atoms with Gasteiger partial charge in [0.15, 0.2) is 12.5 Å². The lowest BCUT2D eigenvalue weighted by atomic mass is 10.0. The maximum Gasteiger partial charge on any atom is 0.351 e. The minimum absolute atomic E-state index is 0.0980. The molecule has 46 heavy (non-hydrogen) atoms. The second-order valence-corrected chi connectivity index (χ2v) is 13.9. The van der Waals surface area contributed by atoms with Crippen LogP contribution in [0.2, 0.25) is 0 Å². The number of aryl methyl sites for hydroxylation is 2. The first kappa shape index (κ1) is 36.5. The number of hydrogen-bond acceptors (Lipinski definition) is 15. The van der Waals surface area contributed by atoms with Gasteiger partial charge in [-0.25, -0.2) is 9.59 Å². The van der Waals surface area contributed by atoms with E-state index in [1.165, 1.54) is 22.4 Å². The Morgan fingerprint density at radius 3 is 1.89 bits per heavy atom. The molecule has 2 fully saturated rings. The number of methoxy groups -OCH3 is 2. The van der Waals surface area contributed by atoms with E-state index in [1.807, 2.05) is 6.92 Å². The van der Waals surface area contributed by atoms with Crippen molar-refractivity contribution in [3.8, 4) is 0 Å². The molecule has 9 atom stereocenters. The van der Waals surface area contributed by atoms with Gasteiger partial charge in [-0.15, -0.1) is 0 Å². The minimum Gasteiger partial charge on any atom is -0.383 e. The molecule has 2 saturated heterocycles. The summed E-state index contributed by atoms with van der Waals surface area (Å²) in [6.07, 6.45) is -2.54. The van der Waals surface area contributed by atoms with Gasteiger partial charge >= 0.3 is 18.1 Å². The number of rotatable bonds is 15. The predicted octanol–water partition coefficient (Wildman–Crippen LogP) is 0.414. The molecule has 0 amide bonds. The molecule has 4 rings (SSSR count). The van der Waals surface area contributed by atoms with Gasteiger partial charge in [0.1, 0.15) is 29.9 Å². The maximum absolute atomic E-state index is 12.8. The van der Waals surface area contributed by atoms with E-state index < -0.39 is 61.1 Å². The molecule has 17 nitrogen and oxygen atoms in total. The topological polar surface area (TPSA) is 216 Å². The van der Waals surface area contributed by atoms with Crippen LogP contribution in [0.5, 0.6) is 0 Å². The van der Waals surface area contributed by atoms with Crippen molar-refractivity contribution >= 4 is 30.2 Å². The van der Waals surface area contributed by atoms with E-state index in [-0.39, 0.29) is 44.0 Å². The summed E-state index contributed by atoms with van der Waals surface area (Å²) >= 11 is 5.41. The molecule has 0 aromatic carbocycles. The zero-order valence-electron chi connectivity index (χ0n) is 26.6. The van der Waals surface area contributed by atoms with Crippen molar-refractivity contribution in [1.29, 1.82) is 0 Å². The SMILES string of the molecule is COCCO[C@@H]1[C@H](C)[C@@H](COP(O)(=S)O[C@H]2[C@@H](OCCOC)[C@H](n3cc(C)c(N)nc3=O)O[C@@H]2C)O[C@H]1n1cc(C)c(N)nc1=O. The van der Waals surface area contributed by atoms with E-state index in [0.717, 1.165) is 0 Å².